The highest BCUT2D eigenvalue weighted by Gasteiger charge is 2.19. The molecule has 0 radical (unpaired) electrons. The first kappa shape index (κ1) is 14.0. The van der Waals surface area contributed by atoms with Gasteiger partial charge in [-0.25, -0.2) is 0 Å². The Kier molecular flexibility index (Phi) is 6.64. The van der Waals surface area contributed by atoms with E-state index in [1.54, 1.807) is 0 Å². The lowest BCUT2D eigenvalue weighted by Gasteiger charge is -2.30. The molecule has 0 atom stereocenters. The number of carbonyl (C=O) groups excluding carboxylic acids is 1. The zero-order valence-corrected chi connectivity index (χ0v) is 10.7. The Morgan fingerprint density at radius 2 is 2.12 bits per heavy atom. The van der Waals surface area contributed by atoms with E-state index in [-0.39, 0.29) is 5.91 Å². The zero-order chi connectivity index (χ0) is 12.5. The number of unbranched alkanes of at least 4 members (excludes halogenated alkanes) is 2. The van der Waals surface area contributed by atoms with Crippen LogP contribution in [0.25, 0.3) is 0 Å². The van der Waals surface area contributed by atoms with E-state index in [2.05, 4.69) is 23.2 Å². The second kappa shape index (κ2) is 8.08. The van der Waals surface area contributed by atoms with Gasteiger partial charge in [0.05, 0.1) is 12.6 Å². The molecule has 0 aliphatic carbocycles. The molecule has 0 spiro atoms. The van der Waals surface area contributed by atoms with Gasteiger partial charge in [0.1, 0.15) is 0 Å². The largest absolute Gasteiger partial charge is 0.353 e. The van der Waals surface area contributed by atoms with E-state index in [0.717, 1.165) is 45.2 Å². The number of hydrogen-bond donors (Lipinski definition) is 1. The fraction of sp³-hybridized carbons (Fsp3) is 0.846. The van der Waals surface area contributed by atoms with E-state index in [9.17, 15) is 4.79 Å². The van der Waals surface area contributed by atoms with Gasteiger partial charge in [0, 0.05) is 25.6 Å². The fourth-order valence-electron chi connectivity index (χ4n) is 2.17. The summed E-state index contributed by atoms with van der Waals surface area (Å²) in [6.07, 6.45) is 5.89. The minimum absolute atomic E-state index is 0.192. The maximum atomic E-state index is 11.6. The monoisotopic (exact) mass is 237 g/mol. The molecule has 0 bridgehead atoms. The number of amides is 1. The van der Waals surface area contributed by atoms with Crippen LogP contribution in [0.15, 0.2) is 0 Å². The third-order valence-electron chi connectivity index (χ3n) is 3.25. The van der Waals surface area contributed by atoms with Gasteiger partial charge in [-0.1, -0.05) is 19.8 Å². The highest BCUT2D eigenvalue weighted by atomic mass is 16.1. The molecule has 4 nitrogen and oxygen atoms in total. The molecule has 1 aliphatic rings. The van der Waals surface area contributed by atoms with Crippen LogP contribution in [0.1, 0.15) is 45.4 Å². The number of carbonyl (C=O) groups is 1. The van der Waals surface area contributed by atoms with Crippen molar-refractivity contribution >= 4 is 5.91 Å². The Balaban J connectivity index is 2.13. The summed E-state index contributed by atoms with van der Waals surface area (Å²) in [5.74, 6) is 0.192. The molecule has 96 valence electrons. The molecular formula is C13H23N3O. The van der Waals surface area contributed by atoms with Crippen molar-refractivity contribution in [3.63, 3.8) is 0 Å². The maximum absolute atomic E-state index is 11.6. The van der Waals surface area contributed by atoms with E-state index >= 15 is 0 Å². The smallest absolute Gasteiger partial charge is 0.220 e. The molecule has 0 aromatic carbocycles. The first-order chi connectivity index (χ1) is 8.26. The molecule has 1 amide bonds. The molecule has 1 heterocycles. The van der Waals surface area contributed by atoms with Crippen molar-refractivity contribution in [1.82, 2.24) is 10.2 Å². The summed E-state index contributed by atoms with van der Waals surface area (Å²) in [5.41, 5.74) is 0. The average molecular weight is 237 g/mol. The number of hydrogen-bond acceptors (Lipinski definition) is 3. The van der Waals surface area contributed by atoms with Gasteiger partial charge < -0.3 is 5.32 Å². The lowest BCUT2D eigenvalue weighted by molar-refractivity contribution is -0.122. The van der Waals surface area contributed by atoms with Crippen molar-refractivity contribution in [3.8, 4) is 6.07 Å². The van der Waals surface area contributed by atoms with Crippen molar-refractivity contribution in [2.75, 3.05) is 19.6 Å². The number of nitrogens with one attached hydrogen (secondary N) is 1. The molecule has 0 unspecified atom stereocenters. The molecule has 17 heavy (non-hydrogen) atoms. The molecule has 0 aromatic heterocycles. The van der Waals surface area contributed by atoms with Crippen LogP contribution in [0.2, 0.25) is 0 Å². The van der Waals surface area contributed by atoms with Crippen LogP contribution >= 0.6 is 0 Å². The fourth-order valence-corrected chi connectivity index (χ4v) is 2.17. The zero-order valence-electron chi connectivity index (χ0n) is 10.7. The van der Waals surface area contributed by atoms with Gasteiger partial charge >= 0.3 is 0 Å². The minimum Gasteiger partial charge on any atom is -0.353 e. The van der Waals surface area contributed by atoms with E-state index in [4.69, 9.17) is 5.26 Å². The number of rotatable bonds is 6. The third kappa shape index (κ3) is 5.69. The lowest BCUT2D eigenvalue weighted by atomic mass is 10.0. The Morgan fingerprint density at radius 3 is 2.71 bits per heavy atom. The van der Waals surface area contributed by atoms with Gasteiger partial charge in [0.25, 0.3) is 0 Å². The Bertz CT molecular complexity index is 264. The summed E-state index contributed by atoms with van der Waals surface area (Å²) >= 11 is 0. The van der Waals surface area contributed by atoms with E-state index < -0.39 is 0 Å². The van der Waals surface area contributed by atoms with Crippen molar-refractivity contribution < 1.29 is 4.79 Å². The van der Waals surface area contributed by atoms with Crippen molar-refractivity contribution in [2.45, 2.75) is 51.5 Å². The standard InChI is InChI=1S/C13H23N3O/c1-2-3-4-5-13(17)15-12-6-9-16(10-7-12)11-8-14/h12H,2-7,9-11H2,1H3,(H,15,17). The van der Waals surface area contributed by atoms with Crippen LogP contribution in [0, 0.1) is 11.3 Å². The Labute approximate surface area is 104 Å². The molecule has 1 rings (SSSR count). The van der Waals surface area contributed by atoms with Crippen molar-refractivity contribution in [1.29, 1.82) is 5.26 Å². The molecule has 1 aliphatic heterocycles. The second-order valence-corrected chi connectivity index (χ2v) is 4.73. The summed E-state index contributed by atoms with van der Waals surface area (Å²) in [4.78, 5) is 13.8. The summed E-state index contributed by atoms with van der Waals surface area (Å²) < 4.78 is 0. The van der Waals surface area contributed by atoms with Gasteiger partial charge in [0.15, 0.2) is 0 Å². The van der Waals surface area contributed by atoms with Gasteiger partial charge in [-0.3, -0.25) is 9.69 Å². The summed E-state index contributed by atoms with van der Waals surface area (Å²) in [6, 6.07) is 2.48. The summed E-state index contributed by atoms with van der Waals surface area (Å²) in [7, 11) is 0. The quantitative estimate of drug-likeness (QED) is 0.565. The number of nitrogens with zero attached hydrogens (tertiary/aromatic N) is 2. The Hall–Kier alpha value is -1.08. The first-order valence-electron chi connectivity index (χ1n) is 6.65. The summed E-state index contributed by atoms with van der Waals surface area (Å²) in [6.45, 7) is 4.50. The van der Waals surface area contributed by atoms with Crippen LogP contribution in [-0.2, 0) is 4.79 Å². The van der Waals surface area contributed by atoms with Gasteiger partial charge in [0.2, 0.25) is 5.91 Å². The van der Waals surface area contributed by atoms with E-state index in [1.807, 2.05) is 0 Å². The second-order valence-electron chi connectivity index (χ2n) is 4.73. The highest BCUT2D eigenvalue weighted by molar-refractivity contribution is 5.76. The Morgan fingerprint density at radius 1 is 1.41 bits per heavy atom. The van der Waals surface area contributed by atoms with Crippen molar-refractivity contribution in [2.24, 2.45) is 0 Å². The predicted molar refractivity (Wildman–Crippen MR) is 67.4 cm³/mol. The van der Waals surface area contributed by atoms with E-state index in [1.165, 1.54) is 0 Å². The van der Waals surface area contributed by atoms with Crippen LogP contribution < -0.4 is 5.32 Å². The van der Waals surface area contributed by atoms with E-state index in [0.29, 0.717) is 19.0 Å². The predicted octanol–water partition coefficient (Wildman–Crippen LogP) is 1.67. The number of likely N-dealkylation sites (tertiary alicyclic amines) is 1. The summed E-state index contributed by atoms with van der Waals surface area (Å²) in [5, 5.41) is 11.7. The molecule has 0 saturated carbocycles. The van der Waals surface area contributed by atoms with Gasteiger partial charge in [-0.05, 0) is 19.3 Å². The van der Waals surface area contributed by atoms with Crippen molar-refractivity contribution in [3.05, 3.63) is 0 Å². The van der Waals surface area contributed by atoms with Crippen LogP contribution in [0.4, 0.5) is 0 Å². The number of nitriles is 1. The average Bonchev–Trinajstić information content (AvgIpc) is 2.32. The highest BCUT2D eigenvalue weighted by Crippen LogP contribution is 2.10. The van der Waals surface area contributed by atoms with Crippen LogP contribution in [0.3, 0.4) is 0 Å². The molecule has 0 aromatic rings. The molecule has 1 N–H and O–H groups in total. The molecule has 4 heteroatoms. The molecular weight excluding hydrogens is 214 g/mol. The first-order valence-corrected chi connectivity index (χ1v) is 6.65. The topological polar surface area (TPSA) is 56.1 Å². The normalized spacial score (nSPS) is 17.6. The molecule has 1 saturated heterocycles. The van der Waals surface area contributed by atoms with Crippen LogP contribution in [-0.4, -0.2) is 36.5 Å². The molecule has 1 fully saturated rings. The van der Waals surface area contributed by atoms with Gasteiger partial charge in [-0.15, -0.1) is 0 Å². The SMILES string of the molecule is CCCCCC(=O)NC1CCN(CC#N)CC1. The van der Waals surface area contributed by atoms with Crippen LogP contribution in [0.5, 0.6) is 0 Å². The third-order valence-corrected chi connectivity index (χ3v) is 3.25. The number of piperidine rings is 1. The maximum Gasteiger partial charge on any atom is 0.220 e. The minimum atomic E-state index is 0.192. The van der Waals surface area contributed by atoms with Gasteiger partial charge in [-0.2, -0.15) is 5.26 Å². The lowest BCUT2D eigenvalue weighted by Crippen LogP contribution is -2.44.